The first kappa shape index (κ1) is 21.1. The first-order valence-corrected chi connectivity index (χ1v) is 10.4. The first-order valence-electron chi connectivity index (χ1n) is 10.4. The summed E-state index contributed by atoms with van der Waals surface area (Å²) in [6, 6.07) is 28.7. The van der Waals surface area contributed by atoms with Crippen molar-refractivity contribution in [2.45, 2.75) is 6.92 Å². The van der Waals surface area contributed by atoms with Gasteiger partial charge >= 0.3 is 0 Å². The van der Waals surface area contributed by atoms with Crippen molar-refractivity contribution >= 4 is 11.6 Å². The Morgan fingerprint density at radius 2 is 1.53 bits per heavy atom. The summed E-state index contributed by atoms with van der Waals surface area (Å²) in [5, 5.41) is 11.1. The van der Waals surface area contributed by atoms with Gasteiger partial charge in [-0.05, 0) is 36.8 Å². The highest BCUT2D eigenvalue weighted by molar-refractivity contribution is 5.92. The minimum absolute atomic E-state index is 0.0873. The summed E-state index contributed by atoms with van der Waals surface area (Å²) in [5.41, 5.74) is 4.29. The van der Waals surface area contributed by atoms with E-state index in [9.17, 15) is 4.79 Å². The number of para-hydroxylation sites is 1. The summed E-state index contributed by atoms with van der Waals surface area (Å²) in [6.45, 7) is 2.36. The average Bonchev–Trinajstić information content (AvgIpc) is 2.85. The van der Waals surface area contributed by atoms with Crippen molar-refractivity contribution in [1.29, 1.82) is 0 Å². The van der Waals surface area contributed by atoms with E-state index in [1.807, 2.05) is 91.9 Å². The van der Waals surface area contributed by atoms with Crippen LogP contribution in [0.2, 0.25) is 0 Å². The summed E-state index contributed by atoms with van der Waals surface area (Å²) in [7, 11) is 0. The zero-order valence-corrected chi connectivity index (χ0v) is 17.7. The molecule has 0 saturated heterocycles. The van der Waals surface area contributed by atoms with Crippen LogP contribution in [0.25, 0.3) is 22.4 Å². The van der Waals surface area contributed by atoms with Gasteiger partial charge in [-0.15, -0.1) is 10.2 Å². The Hall–Kier alpha value is -4.19. The highest BCUT2D eigenvalue weighted by Crippen LogP contribution is 2.29. The van der Waals surface area contributed by atoms with E-state index in [1.54, 1.807) is 6.07 Å². The number of carbonyl (C=O) groups excluding carboxylic acids is 1. The molecule has 0 unspecified atom stereocenters. The second-order valence-corrected chi connectivity index (χ2v) is 6.97. The number of aromatic nitrogens is 2. The molecule has 1 aromatic heterocycles. The van der Waals surface area contributed by atoms with E-state index in [1.165, 1.54) is 0 Å². The molecule has 3 aromatic carbocycles. The first-order chi connectivity index (χ1) is 15.7. The van der Waals surface area contributed by atoms with Gasteiger partial charge in [0, 0.05) is 22.9 Å². The van der Waals surface area contributed by atoms with Crippen molar-refractivity contribution in [3.63, 3.8) is 0 Å². The zero-order chi connectivity index (χ0) is 22.2. The van der Waals surface area contributed by atoms with Crippen LogP contribution in [0.3, 0.4) is 0 Å². The largest absolute Gasteiger partial charge is 0.483 e. The van der Waals surface area contributed by atoms with E-state index < -0.39 is 0 Å². The molecule has 0 atom stereocenters. The Kier molecular flexibility index (Phi) is 6.72. The third kappa shape index (κ3) is 5.29. The molecule has 6 nitrogen and oxygen atoms in total. The van der Waals surface area contributed by atoms with Crippen molar-refractivity contribution in [3.8, 4) is 34.0 Å². The molecule has 1 amide bonds. The number of nitrogens with zero attached hydrogens (tertiary/aromatic N) is 2. The quantitative estimate of drug-likeness (QED) is 0.419. The highest BCUT2D eigenvalue weighted by Gasteiger charge is 2.09. The van der Waals surface area contributed by atoms with Gasteiger partial charge in [0.15, 0.2) is 6.61 Å². The second-order valence-electron chi connectivity index (χ2n) is 6.97. The topological polar surface area (TPSA) is 73.3 Å². The Morgan fingerprint density at radius 1 is 0.781 bits per heavy atom. The standard InChI is InChI=1S/C26H23N3O3/c1-2-31-26-17-16-23(28-29-26)20-12-14-21(15-13-20)27-25(30)18-32-24-11-7-6-10-22(24)19-8-4-3-5-9-19/h3-17H,2,18H2,1H3,(H,27,30). The third-order valence-corrected chi connectivity index (χ3v) is 4.73. The SMILES string of the molecule is CCOc1ccc(-c2ccc(NC(=O)COc3ccccc3-c3ccccc3)cc2)nn1. The number of ether oxygens (including phenoxy) is 2. The fourth-order valence-electron chi connectivity index (χ4n) is 3.21. The van der Waals surface area contributed by atoms with Crippen LogP contribution in [0.5, 0.6) is 11.6 Å². The summed E-state index contributed by atoms with van der Waals surface area (Å²) >= 11 is 0. The van der Waals surface area contributed by atoms with Gasteiger partial charge in [-0.1, -0.05) is 60.7 Å². The Labute approximate surface area is 186 Å². The lowest BCUT2D eigenvalue weighted by atomic mass is 10.1. The van der Waals surface area contributed by atoms with E-state index in [0.29, 0.717) is 23.9 Å². The maximum Gasteiger partial charge on any atom is 0.262 e. The van der Waals surface area contributed by atoms with E-state index in [4.69, 9.17) is 9.47 Å². The minimum Gasteiger partial charge on any atom is -0.483 e. The van der Waals surface area contributed by atoms with Gasteiger partial charge in [-0.3, -0.25) is 4.79 Å². The maximum absolute atomic E-state index is 12.4. The van der Waals surface area contributed by atoms with Crippen molar-refractivity contribution in [2.75, 3.05) is 18.5 Å². The minimum atomic E-state index is -0.235. The molecule has 4 aromatic rings. The Bertz CT molecular complexity index is 1160. The molecule has 0 spiro atoms. The number of benzene rings is 3. The molecule has 0 aliphatic rings. The molecule has 6 heteroatoms. The molecular formula is C26H23N3O3. The van der Waals surface area contributed by atoms with E-state index in [2.05, 4.69) is 15.5 Å². The van der Waals surface area contributed by atoms with Gasteiger partial charge in [0.2, 0.25) is 5.88 Å². The molecule has 32 heavy (non-hydrogen) atoms. The van der Waals surface area contributed by atoms with Gasteiger partial charge in [0.25, 0.3) is 5.91 Å². The summed E-state index contributed by atoms with van der Waals surface area (Å²) in [4.78, 5) is 12.4. The zero-order valence-electron chi connectivity index (χ0n) is 17.7. The number of amides is 1. The molecular weight excluding hydrogens is 402 g/mol. The number of nitrogens with one attached hydrogen (secondary N) is 1. The number of anilines is 1. The van der Waals surface area contributed by atoms with Crippen LogP contribution in [0.1, 0.15) is 6.92 Å². The number of carbonyl (C=O) groups is 1. The molecule has 1 heterocycles. The van der Waals surface area contributed by atoms with Crippen LogP contribution in [0.15, 0.2) is 91.0 Å². The van der Waals surface area contributed by atoms with Crippen LogP contribution < -0.4 is 14.8 Å². The molecule has 0 aliphatic carbocycles. The second kappa shape index (κ2) is 10.2. The maximum atomic E-state index is 12.4. The van der Waals surface area contributed by atoms with Crippen LogP contribution in [0, 0.1) is 0 Å². The van der Waals surface area contributed by atoms with Gasteiger partial charge in [-0.2, -0.15) is 0 Å². The lowest BCUT2D eigenvalue weighted by Crippen LogP contribution is -2.20. The molecule has 0 aliphatic heterocycles. The average molecular weight is 425 g/mol. The highest BCUT2D eigenvalue weighted by atomic mass is 16.5. The number of hydrogen-bond donors (Lipinski definition) is 1. The summed E-state index contributed by atoms with van der Waals surface area (Å²) in [5.74, 6) is 0.925. The fourth-order valence-corrected chi connectivity index (χ4v) is 3.21. The third-order valence-electron chi connectivity index (χ3n) is 4.73. The summed E-state index contributed by atoms with van der Waals surface area (Å²) < 4.78 is 11.1. The Balaban J connectivity index is 1.36. The number of hydrogen-bond acceptors (Lipinski definition) is 5. The van der Waals surface area contributed by atoms with Crippen molar-refractivity contribution in [1.82, 2.24) is 10.2 Å². The van der Waals surface area contributed by atoms with Gasteiger partial charge in [-0.25, -0.2) is 0 Å². The normalized spacial score (nSPS) is 10.4. The van der Waals surface area contributed by atoms with E-state index >= 15 is 0 Å². The monoisotopic (exact) mass is 425 g/mol. The van der Waals surface area contributed by atoms with Crippen LogP contribution in [-0.4, -0.2) is 29.3 Å². The van der Waals surface area contributed by atoms with Crippen molar-refractivity contribution < 1.29 is 14.3 Å². The van der Waals surface area contributed by atoms with Crippen molar-refractivity contribution in [2.24, 2.45) is 0 Å². The molecule has 4 rings (SSSR count). The van der Waals surface area contributed by atoms with Crippen molar-refractivity contribution in [3.05, 3.63) is 91.0 Å². The molecule has 0 bridgehead atoms. The lowest BCUT2D eigenvalue weighted by Gasteiger charge is -2.12. The van der Waals surface area contributed by atoms with Crippen LogP contribution >= 0.6 is 0 Å². The van der Waals surface area contributed by atoms with Gasteiger partial charge < -0.3 is 14.8 Å². The molecule has 160 valence electrons. The molecule has 1 N–H and O–H groups in total. The molecule has 0 saturated carbocycles. The fraction of sp³-hybridized carbons (Fsp3) is 0.115. The van der Waals surface area contributed by atoms with Gasteiger partial charge in [0.1, 0.15) is 5.75 Å². The van der Waals surface area contributed by atoms with Gasteiger partial charge in [0.05, 0.1) is 12.3 Å². The predicted molar refractivity (Wildman–Crippen MR) is 125 cm³/mol. The summed E-state index contributed by atoms with van der Waals surface area (Å²) in [6.07, 6.45) is 0. The number of rotatable bonds is 8. The predicted octanol–water partition coefficient (Wildman–Crippen LogP) is 5.23. The van der Waals surface area contributed by atoms with Crippen LogP contribution in [0.4, 0.5) is 5.69 Å². The Morgan fingerprint density at radius 3 is 2.25 bits per heavy atom. The lowest BCUT2D eigenvalue weighted by molar-refractivity contribution is -0.118. The van der Waals surface area contributed by atoms with Crippen LogP contribution in [-0.2, 0) is 4.79 Å². The smallest absolute Gasteiger partial charge is 0.262 e. The van der Waals surface area contributed by atoms with E-state index in [0.717, 1.165) is 22.4 Å². The van der Waals surface area contributed by atoms with E-state index in [-0.39, 0.29) is 12.5 Å². The molecule has 0 radical (unpaired) electrons. The molecule has 0 fully saturated rings.